The van der Waals surface area contributed by atoms with E-state index in [1.807, 2.05) is 0 Å². The first-order chi connectivity index (χ1) is 12.4. The van der Waals surface area contributed by atoms with E-state index in [9.17, 15) is 27.6 Å². The Balaban J connectivity index is 1.89. The maximum Gasteiger partial charge on any atom is 0.416 e. The molecule has 0 saturated carbocycles. The molecule has 3 heterocycles. The summed E-state index contributed by atoms with van der Waals surface area (Å²) in [7, 11) is 0. The minimum atomic E-state index is -4.66. The Labute approximate surface area is 151 Å². The molecule has 27 heavy (non-hydrogen) atoms. The molecule has 4 rings (SSSR count). The van der Waals surface area contributed by atoms with Crippen LogP contribution in [0.3, 0.4) is 0 Å². The van der Waals surface area contributed by atoms with Gasteiger partial charge in [-0.3, -0.25) is 14.4 Å². The number of halogens is 3. The molecule has 1 N–H and O–H groups in total. The summed E-state index contributed by atoms with van der Waals surface area (Å²) in [5.74, 6) is -3.64. The average Bonchev–Trinajstić information content (AvgIpc) is 3.04. The van der Waals surface area contributed by atoms with E-state index < -0.39 is 52.0 Å². The number of ether oxygens (including phenoxy) is 1. The highest BCUT2D eigenvalue weighted by Gasteiger charge is 2.85. The lowest BCUT2D eigenvalue weighted by Gasteiger charge is -2.35. The minimum absolute atomic E-state index is 0.210. The largest absolute Gasteiger partial charge is 0.416 e. The van der Waals surface area contributed by atoms with Gasteiger partial charge in [-0.25, -0.2) is 10.4 Å². The Hall–Kier alpha value is -2.62. The van der Waals surface area contributed by atoms with Crippen LogP contribution >= 0.6 is 0 Å². The zero-order valence-electron chi connectivity index (χ0n) is 14.3. The summed E-state index contributed by atoms with van der Waals surface area (Å²) in [5.41, 5.74) is 1.18. The van der Waals surface area contributed by atoms with Gasteiger partial charge in [0.1, 0.15) is 17.1 Å². The lowest BCUT2D eigenvalue weighted by atomic mass is 9.63. The zero-order chi connectivity index (χ0) is 20.0. The normalized spacial score (nSPS) is 37.9. The first kappa shape index (κ1) is 17.8. The second-order valence-corrected chi connectivity index (χ2v) is 7.38. The monoisotopic (exact) mass is 381 g/mol. The molecule has 4 atom stereocenters. The van der Waals surface area contributed by atoms with Gasteiger partial charge >= 0.3 is 6.18 Å². The number of rotatable bonds is 2. The standard InChI is InChI=1S/C17H14F3N3O4/c1-14-7-10(24)15(2,27-14)11-12(25)23(13(26)16(11,14)22-21)9-5-3-4-8(6-9)17(18,19)20/h3-6,11,21H,7H2,1-2H3/t11?,14?,15?,16-/m1/s1. The second-order valence-electron chi connectivity index (χ2n) is 7.38. The topological polar surface area (TPSA) is 99.9 Å². The maximum atomic E-state index is 13.2. The third-order valence-corrected chi connectivity index (χ3v) is 5.87. The number of hydrogen-bond acceptors (Lipinski definition) is 6. The summed E-state index contributed by atoms with van der Waals surface area (Å²) in [6, 6.07) is 3.78. The lowest BCUT2D eigenvalue weighted by molar-refractivity contribution is -0.140. The van der Waals surface area contributed by atoms with Gasteiger partial charge in [0.2, 0.25) is 11.4 Å². The van der Waals surface area contributed by atoms with Crippen LogP contribution in [0.15, 0.2) is 29.4 Å². The van der Waals surface area contributed by atoms with E-state index in [0.29, 0.717) is 11.0 Å². The quantitative estimate of drug-likeness (QED) is 0.628. The third-order valence-electron chi connectivity index (χ3n) is 5.87. The van der Waals surface area contributed by atoms with Crippen LogP contribution in [0.4, 0.5) is 18.9 Å². The predicted octanol–water partition coefficient (Wildman–Crippen LogP) is 2.48. The predicted molar refractivity (Wildman–Crippen MR) is 82.8 cm³/mol. The van der Waals surface area contributed by atoms with Gasteiger partial charge in [-0.2, -0.15) is 18.3 Å². The number of amides is 2. The number of nitrogens with zero attached hydrogens (tertiary/aromatic N) is 2. The van der Waals surface area contributed by atoms with Crippen molar-refractivity contribution >= 4 is 23.3 Å². The molecule has 7 nitrogen and oxygen atoms in total. The molecule has 3 unspecified atom stereocenters. The zero-order valence-corrected chi connectivity index (χ0v) is 14.3. The van der Waals surface area contributed by atoms with E-state index >= 15 is 0 Å². The first-order valence-corrected chi connectivity index (χ1v) is 8.10. The van der Waals surface area contributed by atoms with Gasteiger partial charge in [-0.1, -0.05) is 6.07 Å². The fourth-order valence-electron chi connectivity index (χ4n) is 4.64. The number of nitrogens with one attached hydrogen (secondary N) is 1. The highest BCUT2D eigenvalue weighted by molar-refractivity contribution is 6.29. The van der Waals surface area contributed by atoms with Crippen LogP contribution in [0.2, 0.25) is 0 Å². The van der Waals surface area contributed by atoms with E-state index in [2.05, 4.69) is 5.11 Å². The second kappa shape index (κ2) is 4.80. The van der Waals surface area contributed by atoms with Crippen LogP contribution in [0.25, 0.3) is 0 Å². The number of carbonyl (C=O) groups excluding carboxylic acids is 3. The molecule has 3 fully saturated rings. The van der Waals surface area contributed by atoms with Gasteiger partial charge in [-0.05, 0) is 32.0 Å². The number of alkyl halides is 3. The van der Waals surface area contributed by atoms with Crippen molar-refractivity contribution in [3.63, 3.8) is 0 Å². The van der Waals surface area contributed by atoms with Gasteiger partial charge in [0.05, 0.1) is 11.3 Å². The number of fused-ring (bicyclic) bond motifs is 5. The van der Waals surface area contributed by atoms with Gasteiger partial charge < -0.3 is 4.74 Å². The maximum absolute atomic E-state index is 13.2. The summed E-state index contributed by atoms with van der Waals surface area (Å²) in [6.07, 6.45) is -4.87. The van der Waals surface area contributed by atoms with Crippen molar-refractivity contribution in [2.24, 2.45) is 11.0 Å². The van der Waals surface area contributed by atoms with Gasteiger partial charge in [0.25, 0.3) is 5.91 Å². The van der Waals surface area contributed by atoms with Crippen molar-refractivity contribution in [1.29, 1.82) is 5.53 Å². The Kier molecular flexibility index (Phi) is 3.16. The highest BCUT2D eigenvalue weighted by atomic mass is 19.4. The molecule has 0 spiro atoms. The summed E-state index contributed by atoms with van der Waals surface area (Å²) < 4.78 is 44.8. The fraction of sp³-hybridized carbons (Fsp3) is 0.471. The van der Waals surface area contributed by atoms with Crippen molar-refractivity contribution < 1.29 is 32.3 Å². The Morgan fingerprint density at radius 3 is 2.52 bits per heavy atom. The molecule has 0 aromatic heterocycles. The van der Waals surface area contributed by atoms with Gasteiger partial charge in [0.15, 0.2) is 5.78 Å². The number of Topliss-reactive ketones (excluding diaryl/α,β-unsaturated/α-hetero) is 1. The molecular weight excluding hydrogens is 367 g/mol. The van der Waals surface area contributed by atoms with E-state index in [4.69, 9.17) is 10.3 Å². The van der Waals surface area contributed by atoms with Crippen LogP contribution in [-0.4, -0.2) is 34.3 Å². The SMILES string of the molecule is CC12OC(C)(CC1=O)[C@]1(N=N)C(=O)N(c3cccc(C(F)(F)F)c3)C(=O)C21. The molecular formula is C17H14F3N3O4. The van der Waals surface area contributed by atoms with Crippen molar-refractivity contribution in [2.75, 3.05) is 4.90 Å². The smallest absolute Gasteiger partial charge is 0.357 e. The van der Waals surface area contributed by atoms with Crippen molar-refractivity contribution in [1.82, 2.24) is 0 Å². The molecule has 3 aliphatic heterocycles. The van der Waals surface area contributed by atoms with Gasteiger partial charge in [-0.15, -0.1) is 0 Å². The summed E-state index contributed by atoms with van der Waals surface area (Å²) >= 11 is 0. The number of benzene rings is 1. The molecule has 2 bridgehead atoms. The lowest BCUT2D eigenvalue weighted by Crippen LogP contribution is -2.59. The van der Waals surface area contributed by atoms with E-state index in [-0.39, 0.29) is 12.1 Å². The van der Waals surface area contributed by atoms with Crippen LogP contribution in [0, 0.1) is 11.4 Å². The molecule has 142 valence electrons. The molecule has 1 aromatic carbocycles. The van der Waals surface area contributed by atoms with Crippen LogP contribution < -0.4 is 4.90 Å². The van der Waals surface area contributed by atoms with Crippen LogP contribution in [0.1, 0.15) is 25.8 Å². The van der Waals surface area contributed by atoms with E-state index in [0.717, 1.165) is 12.1 Å². The Morgan fingerprint density at radius 2 is 1.93 bits per heavy atom. The minimum Gasteiger partial charge on any atom is -0.357 e. The first-order valence-electron chi connectivity index (χ1n) is 8.10. The number of anilines is 1. The molecule has 10 heteroatoms. The molecule has 1 aromatic rings. The number of imide groups is 1. The molecule has 0 aliphatic carbocycles. The number of carbonyl (C=O) groups is 3. The average molecular weight is 381 g/mol. The Bertz CT molecular complexity index is 932. The third kappa shape index (κ3) is 1.83. The fourth-order valence-corrected chi connectivity index (χ4v) is 4.64. The van der Waals surface area contributed by atoms with Crippen molar-refractivity contribution in [2.45, 2.75) is 43.2 Å². The number of hydrogen-bond donors (Lipinski definition) is 1. The van der Waals surface area contributed by atoms with E-state index in [1.54, 1.807) is 0 Å². The van der Waals surface area contributed by atoms with Crippen LogP contribution in [-0.2, 0) is 25.3 Å². The molecule has 0 radical (unpaired) electrons. The van der Waals surface area contributed by atoms with Gasteiger partial charge in [0, 0.05) is 6.42 Å². The highest BCUT2D eigenvalue weighted by Crippen LogP contribution is 2.63. The number of ketones is 1. The molecule has 2 amide bonds. The molecule has 3 saturated heterocycles. The summed E-state index contributed by atoms with van der Waals surface area (Å²) in [5, 5.41) is 3.43. The summed E-state index contributed by atoms with van der Waals surface area (Å²) in [4.78, 5) is 39.2. The molecule has 3 aliphatic rings. The van der Waals surface area contributed by atoms with Crippen molar-refractivity contribution in [3.05, 3.63) is 29.8 Å². The summed E-state index contributed by atoms with van der Waals surface area (Å²) in [6.45, 7) is 2.79. The Morgan fingerprint density at radius 1 is 1.26 bits per heavy atom. The van der Waals surface area contributed by atoms with E-state index in [1.165, 1.54) is 19.9 Å². The van der Waals surface area contributed by atoms with Crippen molar-refractivity contribution in [3.8, 4) is 0 Å². The van der Waals surface area contributed by atoms with Crippen LogP contribution in [0.5, 0.6) is 0 Å².